The van der Waals surface area contributed by atoms with Crippen LogP contribution >= 0.6 is 0 Å². The average Bonchev–Trinajstić information content (AvgIpc) is 1.44. The third kappa shape index (κ3) is 8.47. The van der Waals surface area contributed by atoms with Crippen molar-refractivity contribution in [3.05, 3.63) is 201 Å². The highest BCUT2D eigenvalue weighted by Crippen LogP contribution is 2.58. The van der Waals surface area contributed by atoms with Crippen molar-refractivity contribution in [3.8, 4) is 11.1 Å². The van der Waals surface area contributed by atoms with E-state index in [0.29, 0.717) is 0 Å². The number of hydrogen-bond acceptors (Lipinski definition) is 3. The summed E-state index contributed by atoms with van der Waals surface area (Å²) in [6, 6.07) is 58.5. The number of anilines is 9. The van der Waals surface area contributed by atoms with E-state index in [1.807, 2.05) is 0 Å². The molecule has 0 radical (unpaired) electrons. The van der Waals surface area contributed by atoms with Gasteiger partial charge in [-0.15, -0.1) is 0 Å². The first-order valence-corrected chi connectivity index (χ1v) is 31.2. The zero-order valence-corrected chi connectivity index (χ0v) is 53.9. The molecule has 0 fully saturated rings. The van der Waals surface area contributed by atoms with Gasteiger partial charge in [-0.2, -0.15) is 0 Å². The molecule has 8 aromatic carbocycles. The zero-order valence-electron chi connectivity index (χ0n) is 53.9. The van der Waals surface area contributed by atoms with Crippen LogP contribution in [0.5, 0.6) is 0 Å². The molecule has 4 heteroatoms. The molecule has 0 amide bonds. The van der Waals surface area contributed by atoms with E-state index in [0.717, 1.165) is 36.3 Å². The molecule has 424 valence electrons. The molecule has 2 aliphatic heterocycles. The summed E-state index contributed by atoms with van der Waals surface area (Å²) in [4.78, 5) is 8.02. The largest absolute Gasteiger partial charge is 0.311 e. The highest BCUT2D eigenvalue weighted by molar-refractivity contribution is 7.00. The summed E-state index contributed by atoms with van der Waals surface area (Å²) in [5, 5.41) is 0. The molecule has 0 bridgehead atoms. The molecule has 3 aliphatic carbocycles. The number of nitrogens with zero attached hydrogens (tertiary/aromatic N) is 3. The highest BCUT2D eigenvalue weighted by Gasteiger charge is 2.50. The Morgan fingerprint density at radius 1 is 0.386 bits per heavy atom. The summed E-state index contributed by atoms with van der Waals surface area (Å²) in [6.45, 7) is 48.3. The first kappa shape index (κ1) is 55.4. The van der Waals surface area contributed by atoms with Gasteiger partial charge >= 0.3 is 0 Å². The highest BCUT2D eigenvalue weighted by atomic mass is 15.2. The van der Waals surface area contributed by atoms with Crippen LogP contribution in [-0.4, -0.2) is 6.71 Å². The molecule has 0 N–H and O–H groups in total. The lowest BCUT2D eigenvalue weighted by Crippen LogP contribution is -2.62. The van der Waals surface area contributed by atoms with Gasteiger partial charge in [-0.1, -0.05) is 210 Å². The molecule has 0 saturated carbocycles. The van der Waals surface area contributed by atoms with E-state index < -0.39 is 0 Å². The molecule has 0 aromatic heterocycles. The molecule has 83 heavy (non-hydrogen) atoms. The van der Waals surface area contributed by atoms with Gasteiger partial charge in [0.1, 0.15) is 0 Å². The average molecular weight is 1090 g/mol. The van der Waals surface area contributed by atoms with Gasteiger partial charge in [0.2, 0.25) is 0 Å². The molecule has 0 unspecified atom stereocenters. The minimum atomic E-state index is -0.271. The van der Waals surface area contributed by atoms with Crippen LogP contribution in [0, 0.1) is 6.92 Å². The monoisotopic (exact) mass is 1090 g/mol. The minimum Gasteiger partial charge on any atom is -0.311 e. The minimum absolute atomic E-state index is 0.00710. The second kappa shape index (κ2) is 17.9. The van der Waals surface area contributed by atoms with E-state index in [1.165, 1.54) is 117 Å². The van der Waals surface area contributed by atoms with Crippen molar-refractivity contribution in [2.45, 2.75) is 201 Å². The van der Waals surface area contributed by atoms with Crippen molar-refractivity contribution < 1.29 is 0 Å². The third-order valence-corrected chi connectivity index (χ3v) is 20.9. The second-order valence-corrected chi connectivity index (χ2v) is 32.2. The van der Waals surface area contributed by atoms with Crippen molar-refractivity contribution in [1.82, 2.24) is 0 Å². The van der Waals surface area contributed by atoms with Crippen LogP contribution in [0.3, 0.4) is 0 Å². The molecular weight excluding hydrogens is 1000 g/mol. The van der Waals surface area contributed by atoms with Crippen LogP contribution in [0.15, 0.2) is 146 Å². The SMILES string of the molecule is Cc1cc2c(cc1N1c3cc4c(cc3B3c5ccc(N(c6ccc(C(C)(C)C)cc6)c6ccc(C(C)(C)C)cc6)cc5N(c5cccc6c5C(C)(C)c5ccccc5-6)c5cc(C(C)(C)C)cc1c53)C(C)(C)CCC4(C)C)C(C)(C)CC2(C)C. The van der Waals surface area contributed by atoms with E-state index in [9.17, 15) is 0 Å². The van der Waals surface area contributed by atoms with Gasteiger partial charge in [0.25, 0.3) is 6.71 Å². The van der Waals surface area contributed by atoms with Crippen molar-refractivity contribution in [3.63, 3.8) is 0 Å². The quantitative estimate of drug-likeness (QED) is 0.159. The Morgan fingerprint density at radius 3 is 1.42 bits per heavy atom. The summed E-state index contributed by atoms with van der Waals surface area (Å²) in [6.07, 6.45) is 3.43. The maximum Gasteiger partial charge on any atom is 0.252 e. The Labute approximate surface area is 499 Å². The Hall–Kier alpha value is -6.78. The van der Waals surface area contributed by atoms with Gasteiger partial charge < -0.3 is 14.7 Å². The fourth-order valence-electron chi connectivity index (χ4n) is 16.2. The van der Waals surface area contributed by atoms with Crippen LogP contribution < -0.4 is 31.1 Å². The number of aryl methyl sites for hydroxylation is 1. The van der Waals surface area contributed by atoms with Gasteiger partial charge in [0.15, 0.2) is 0 Å². The van der Waals surface area contributed by atoms with E-state index in [-0.39, 0.29) is 50.0 Å². The Morgan fingerprint density at radius 2 is 0.855 bits per heavy atom. The van der Waals surface area contributed by atoms with Crippen LogP contribution in [-0.2, 0) is 43.3 Å². The van der Waals surface area contributed by atoms with Crippen molar-refractivity contribution in [1.29, 1.82) is 0 Å². The number of hydrogen-bond donors (Lipinski definition) is 0. The van der Waals surface area contributed by atoms with E-state index in [2.05, 4.69) is 299 Å². The van der Waals surface area contributed by atoms with Gasteiger partial charge in [0.05, 0.1) is 5.69 Å². The molecule has 5 aliphatic rings. The smallest absolute Gasteiger partial charge is 0.252 e. The van der Waals surface area contributed by atoms with E-state index >= 15 is 0 Å². The van der Waals surface area contributed by atoms with Crippen LogP contribution in [0.2, 0.25) is 0 Å². The van der Waals surface area contributed by atoms with Gasteiger partial charge in [-0.05, 0) is 214 Å². The molecule has 8 aromatic rings. The summed E-state index contributed by atoms with van der Waals surface area (Å²) in [5.74, 6) is 0. The molecule has 13 rings (SSSR count). The predicted octanol–water partition coefficient (Wildman–Crippen LogP) is 20.1. The van der Waals surface area contributed by atoms with Crippen LogP contribution in [0.1, 0.15) is 206 Å². The number of benzene rings is 8. The lowest BCUT2D eigenvalue weighted by Gasteiger charge is -2.48. The maximum atomic E-state index is 2.77. The molecule has 3 nitrogen and oxygen atoms in total. The molecule has 0 spiro atoms. The van der Waals surface area contributed by atoms with Crippen LogP contribution in [0.25, 0.3) is 11.1 Å². The van der Waals surface area contributed by atoms with Gasteiger partial charge in [-0.25, -0.2) is 0 Å². The standard InChI is InChI=1S/C79H90BN3/c1-48-40-58-61(78(17,18)47-77(58,15)16)45-65(48)83-67-46-60-59(75(11,12)38-39-76(60,13)14)44-63(67)80-62-37-36-54(81(52-32-28-49(29-33-52)72(2,3)4)53-34-30-50(31-35-53)73(5,6)7)43-66(62)82(68-41-51(74(8,9)10)42-69(83)71(68)80)64-27-23-25-56-55-24-21-22-26-57(55)79(19,20)70(56)64/h21-37,40-46H,38-39,47H2,1-20H3. The molecule has 0 saturated heterocycles. The Bertz CT molecular complexity index is 3930. The maximum absolute atomic E-state index is 2.77. The molecular formula is C79H90BN3. The second-order valence-electron chi connectivity index (χ2n) is 32.2. The predicted molar refractivity (Wildman–Crippen MR) is 360 cm³/mol. The number of rotatable bonds is 5. The van der Waals surface area contributed by atoms with Crippen molar-refractivity contribution in [2.24, 2.45) is 0 Å². The summed E-state index contributed by atoms with van der Waals surface area (Å²) >= 11 is 0. The topological polar surface area (TPSA) is 9.72 Å². The summed E-state index contributed by atoms with van der Waals surface area (Å²) < 4.78 is 0. The van der Waals surface area contributed by atoms with E-state index in [4.69, 9.17) is 0 Å². The lowest BCUT2D eigenvalue weighted by molar-refractivity contribution is 0.332. The fraction of sp³-hybridized carbons (Fsp3) is 0.392. The summed E-state index contributed by atoms with van der Waals surface area (Å²) in [7, 11) is 0. The Balaban J connectivity index is 1.16. The molecule has 0 atom stereocenters. The van der Waals surface area contributed by atoms with Gasteiger partial charge in [-0.3, -0.25) is 0 Å². The van der Waals surface area contributed by atoms with Gasteiger partial charge in [0, 0.05) is 50.9 Å². The van der Waals surface area contributed by atoms with Crippen molar-refractivity contribution in [2.75, 3.05) is 14.7 Å². The van der Waals surface area contributed by atoms with Crippen LogP contribution in [0.4, 0.5) is 51.2 Å². The summed E-state index contributed by atoms with van der Waals surface area (Å²) in [5.41, 5.74) is 31.6. The van der Waals surface area contributed by atoms with Crippen molar-refractivity contribution >= 4 is 74.3 Å². The molecule has 2 heterocycles. The Kier molecular flexibility index (Phi) is 11.9. The normalized spacial score (nSPS) is 18.1. The number of fused-ring (bicyclic) bond motifs is 9. The third-order valence-electron chi connectivity index (χ3n) is 20.9. The fourth-order valence-corrected chi connectivity index (χ4v) is 16.2. The van der Waals surface area contributed by atoms with E-state index in [1.54, 1.807) is 0 Å². The lowest BCUT2D eigenvalue weighted by atomic mass is 9.33. The first-order chi connectivity index (χ1) is 38.7. The first-order valence-electron chi connectivity index (χ1n) is 31.2. The zero-order chi connectivity index (χ0) is 59.3.